The summed E-state index contributed by atoms with van der Waals surface area (Å²) >= 11 is 0. The standard InChI is InChI=1S/C20H24N4O4/c1-20(2,3)26-19(25)21-16(13-9-10-13)17-22-18(28-24-17)15-11-14(23-27-15)12-7-5-4-6-8-12/h4-8,13,15-16H,9-11H2,1-3H3,(H,21,25)/t15-,16-/m1/s1. The summed E-state index contributed by atoms with van der Waals surface area (Å²) in [5.74, 6) is 1.10. The lowest BCUT2D eigenvalue weighted by Gasteiger charge is -2.22. The van der Waals surface area contributed by atoms with Gasteiger partial charge in [-0.15, -0.1) is 0 Å². The molecule has 0 unspecified atom stereocenters. The molecule has 1 aliphatic heterocycles. The van der Waals surface area contributed by atoms with E-state index in [1.54, 1.807) is 0 Å². The van der Waals surface area contributed by atoms with Crippen LogP contribution in [0.1, 0.15) is 69.5 Å². The Morgan fingerprint density at radius 1 is 1.25 bits per heavy atom. The molecule has 1 amide bonds. The topological polar surface area (TPSA) is 98.8 Å². The number of benzene rings is 1. The van der Waals surface area contributed by atoms with E-state index in [1.165, 1.54) is 0 Å². The lowest BCUT2D eigenvalue weighted by Crippen LogP contribution is -2.36. The zero-order chi connectivity index (χ0) is 19.7. The molecule has 1 fully saturated rings. The zero-order valence-corrected chi connectivity index (χ0v) is 16.2. The summed E-state index contributed by atoms with van der Waals surface area (Å²) in [6, 6.07) is 9.51. The van der Waals surface area contributed by atoms with Crippen LogP contribution < -0.4 is 5.32 Å². The monoisotopic (exact) mass is 384 g/mol. The predicted molar refractivity (Wildman–Crippen MR) is 101 cm³/mol. The Bertz CT molecular complexity index is 868. The van der Waals surface area contributed by atoms with Gasteiger partial charge in [-0.25, -0.2) is 4.79 Å². The highest BCUT2D eigenvalue weighted by Crippen LogP contribution is 2.41. The normalized spacial score (nSPS) is 20.2. The van der Waals surface area contributed by atoms with E-state index in [0.717, 1.165) is 24.1 Å². The van der Waals surface area contributed by atoms with Gasteiger partial charge in [-0.1, -0.05) is 40.6 Å². The molecule has 0 radical (unpaired) electrons. The van der Waals surface area contributed by atoms with Crippen molar-refractivity contribution in [3.8, 4) is 0 Å². The van der Waals surface area contributed by atoms with Gasteiger partial charge in [0.15, 0.2) is 5.82 Å². The van der Waals surface area contributed by atoms with Gasteiger partial charge >= 0.3 is 6.09 Å². The maximum atomic E-state index is 12.2. The van der Waals surface area contributed by atoms with Crippen LogP contribution in [0.25, 0.3) is 0 Å². The first-order valence-corrected chi connectivity index (χ1v) is 9.50. The summed E-state index contributed by atoms with van der Waals surface area (Å²) in [5, 5.41) is 11.1. The van der Waals surface area contributed by atoms with Gasteiger partial charge in [0.1, 0.15) is 5.60 Å². The molecule has 1 saturated carbocycles. The quantitative estimate of drug-likeness (QED) is 0.839. The lowest BCUT2D eigenvalue weighted by molar-refractivity contribution is 0.0493. The van der Waals surface area contributed by atoms with E-state index >= 15 is 0 Å². The average Bonchev–Trinajstić information content (AvgIpc) is 3.16. The lowest BCUT2D eigenvalue weighted by atomic mass is 10.1. The molecule has 1 aromatic heterocycles. The molecule has 1 aliphatic carbocycles. The minimum Gasteiger partial charge on any atom is -0.444 e. The van der Waals surface area contributed by atoms with Crippen molar-refractivity contribution in [2.45, 2.75) is 57.8 Å². The first-order valence-electron chi connectivity index (χ1n) is 9.50. The number of hydrogen-bond donors (Lipinski definition) is 1. The van der Waals surface area contributed by atoms with Gasteiger partial charge in [0.05, 0.1) is 11.8 Å². The Labute approximate surface area is 163 Å². The molecule has 0 spiro atoms. The van der Waals surface area contributed by atoms with Crippen molar-refractivity contribution < 1.29 is 18.9 Å². The van der Waals surface area contributed by atoms with E-state index in [0.29, 0.717) is 24.1 Å². The minimum atomic E-state index is -0.566. The molecule has 4 rings (SSSR count). The third-order valence-electron chi connectivity index (χ3n) is 4.55. The highest BCUT2D eigenvalue weighted by Gasteiger charge is 2.39. The van der Waals surface area contributed by atoms with Crippen molar-refractivity contribution in [2.24, 2.45) is 11.1 Å². The predicted octanol–water partition coefficient (Wildman–Crippen LogP) is 3.91. The number of alkyl carbamates (subject to hydrolysis) is 1. The fourth-order valence-electron chi connectivity index (χ4n) is 3.07. The van der Waals surface area contributed by atoms with Crippen molar-refractivity contribution in [1.29, 1.82) is 0 Å². The van der Waals surface area contributed by atoms with Crippen LogP contribution in [0.15, 0.2) is 40.0 Å². The highest BCUT2D eigenvalue weighted by molar-refractivity contribution is 6.01. The second-order valence-electron chi connectivity index (χ2n) is 8.15. The minimum absolute atomic E-state index is 0.290. The van der Waals surface area contributed by atoms with Gasteiger partial charge in [-0.05, 0) is 45.1 Å². The molecule has 2 heterocycles. The molecular weight excluding hydrogens is 360 g/mol. The smallest absolute Gasteiger partial charge is 0.408 e. The van der Waals surface area contributed by atoms with Crippen LogP contribution >= 0.6 is 0 Å². The number of nitrogens with one attached hydrogen (secondary N) is 1. The van der Waals surface area contributed by atoms with E-state index in [1.807, 2.05) is 51.1 Å². The molecule has 0 bridgehead atoms. The van der Waals surface area contributed by atoms with Crippen molar-refractivity contribution in [3.63, 3.8) is 0 Å². The molecule has 2 atom stereocenters. The van der Waals surface area contributed by atoms with Crippen LogP contribution in [0.3, 0.4) is 0 Å². The van der Waals surface area contributed by atoms with Crippen LogP contribution in [-0.2, 0) is 9.57 Å². The van der Waals surface area contributed by atoms with E-state index < -0.39 is 17.8 Å². The van der Waals surface area contributed by atoms with Crippen LogP contribution in [0.2, 0.25) is 0 Å². The van der Waals surface area contributed by atoms with Crippen LogP contribution in [0.4, 0.5) is 4.79 Å². The number of nitrogens with zero attached hydrogens (tertiary/aromatic N) is 3. The number of aromatic nitrogens is 2. The van der Waals surface area contributed by atoms with E-state index in [-0.39, 0.29) is 6.04 Å². The molecule has 8 nitrogen and oxygen atoms in total. The van der Waals surface area contributed by atoms with Crippen LogP contribution in [0.5, 0.6) is 0 Å². The SMILES string of the molecule is CC(C)(C)OC(=O)N[C@@H](c1noc([C@H]2CC(c3ccccc3)=NO2)n1)C1CC1. The molecular formula is C20H24N4O4. The molecule has 1 N–H and O–H groups in total. The summed E-state index contributed by atoms with van der Waals surface area (Å²) in [6.07, 6.45) is 1.66. The van der Waals surface area contributed by atoms with Gasteiger partial charge in [-0.2, -0.15) is 4.98 Å². The molecule has 28 heavy (non-hydrogen) atoms. The number of carbonyl (C=O) groups is 1. The number of carbonyl (C=O) groups excluding carboxylic acids is 1. The van der Waals surface area contributed by atoms with Crippen molar-refractivity contribution >= 4 is 11.8 Å². The van der Waals surface area contributed by atoms with Crippen molar-refractivity contribution in [1.82, 2.24) is 15.5 Å². The second kappa shape index (κ2) is 7.26. The first kappa shape index (κ1) is 18.5. The van der Waals surface area contributed by atoms with E-state index in [2.05, 4.69) is 20.6 Å². The summed E-state index contributed by atoms with van der Waals surface area (Å²) < 4.78 is 10.8. The number of amides is 1. The number of rotatable bonds is 5. The maximum absolute atomic E-state index is 12.2. The highest BCUT2D eigenvalue weighted by atomic mass is 16.7. The largest absolute Gasteiger partial charge is 0.444 e. The fraction of sp³-hybridized carbons (Fsp3) is 0.500. The molecule has 148 valence electrons. The number of oxime groups is 1. The Balaban J connectivity index is 1.42. The Morgan fingerprint density at radius 2 is 2.00 bits per heavy atom. The summed E-state index contributed by atoms with van der Waals surface area (Å²) in [6.45, 7) is 5.48. The van der Waals surface area contributed by atoms with E-state index in [9.17, 15) is 4.79 Å². The molecule has 0 saturated heterocycles. The van der Waals surface area contributed by atoms with Crippen LogP contribution in [-0.4, -0.2) is 27.5 Å². The van der Waals surface area contributed by atoms with Gasteiger partial charge in [-0.3, -0.25) is 0 Å². The third-order valence-corrected chi connectivity index (χ3v) is 4.55. The van der Waals surface area contributed by atoms with Gasteiger partial charge < -0.3 is 19.4 Å². The number of hydrogen-bond acceptors (Lipinski definition) is 7. The molecule has 1 aromatic carbocycles. The molecule has 2 aromatic rings. The van der Waals surface area contributed by atoms with Gasteiger partial charge in [0.25, 0.3) is 5.89 Å². The summed E-state index contributed by atoms with van der Waals surface area (Å²) in [7, 11) is 0. The summed E-state index contributed by atoms with van der Waals surface area (Å²) in [5.41, 5.74) is 1.28. The molecule has 8 heteroatoms. The van der Waals surface area contributed by atoms with Crippen molar-refractivity contribution in [2.75, 3.05) is 0 Å². The van der Waals surface area contributed by atoms with Crippen LogP contribution in [0, 0.1) is 5.92 Å². The van der Waals surface area contributed by atoms with E-state index in [4.69, 9.17) is 14.1 Å². The Kier molecular flexibility index (Phi) is 4.78. The summed E-state index contributed by atoms with van der Waals surface area (Å²) in [4.78, 5) is 22.2. The Hall–Kier alpha value is -2.90. The third kappa shape index (κ3) is 4.32. The zero-order valence-electron chi connectivity index (χ0n) is 16.2. The van der Waals surface area contributed by atoms with Gasteiger partial charge in [0.2, 0.25) is 6.10 Å². The van der Waals surface area contributed by atoms with Crippen molar-refractivity contribution in [3.05, 3.63) is 47.6 Å². The Morgan fingerprint density at radius 3 is 2.68 bits per heavy atom. The fourth-order valence-corrected chi connectivity index (χ4v) is 3.07. The average molecular weight is 384 g/mol. The van der Waals surface area contributed by atoms with Gasteiger partial charge in [0, 0.05) is 6.42 Å². The first-order chi connectivity index (χ1) is 13.4. The second-order valence-corrected chi connectivity index (χ2v) is 8.15. The maximum Gasteiger partial charge on any atom is 0.408 e. The number of ether oxygens (including phenoxy) is 1. The molecule has 2 aliphatic rings.